The Morgan fingerprint density at radius 2 is 2.05 bits per heavy atom. The molecule has 5 nitrogen and oxygen atoms in total. The summed E-state index contributed by atoms with van der Waals surface area (Å²) in [7, 11) is 1.54. The zero-order valence-electron chi connectivity index (χ0n) is 10.8. The SMILES string of the molecule is CN=CCC(=O)c1nn(-c2ccc(F)cc2)ccc1=O. The average Bonchev–Trinajstić information content (AvgIpc) is 2.46. The number of halogens is 1. The molecule has 0 N–H and O–H groups in total. The molecule has 0 spiro atoms. The molecule has 0 radical (unpaired) electrons. The van der Waals surface area contributed by atoms with E-state index < -0.39 is 11.2 Å². The molecule has 102 valence electrons. The summed E-state index contributed by atoms with van der Waals surface area (Å²) < 4.78 is 14.2. The molecule has 1 aromatic carbocycles. The normalized spacial score (nSPS) is 10.9. The lowest BCUT2D eigenvalue weighted by Gasteiger charge is -2.06. The molecule has 0 amide bonds. The molecule has 0 aliphatic heterocycles. The minimum absolute atomic E-state index is 0.0200. The lowest BCUT2D eigenvalue weighted by molar-refractivity contribution is 0.0994. The highest BCUT2D eigenvalue weighted by Gasteiger charge is 2.12. The number of nitrogens with zero attached hydrogens (tertiary/aromatic N) is 3. The Bertz CT molecular complexity index is 705. The standard InChI is InChI=1S/C14H12FN3O2/c1-16-8-6-12(19)14-13(20)7-9-18(17-14)11-4-2-10(15)3-5-11/h2-5,7-9H,6H2,1H3. The predicted molar refractivity (Wildman–Crippen MR) is 73.2 cm³/mol. The molecular weight excluding hydrogens is 261 g/mol. The second-order valence-corrected chi connectivity index (χ2v) is 4.02. The zero-order chi connectivity index (χ0) is 14.5. The first-order valence-corrected chi connectivity index (χ1v) is 5.91. The lowest BCUT2D eigenvalue weighted by Crippen LogP contribution is -2.20. The van der Waals surface area contributed by atoms with Gasteiger partial charge in [0, 0.05) is 31.9 Å². The van der Waals surface area contributed by atoms with Crippen LogP contribution in [0, 0.1) is 5.82 Å². The molecule has 0 atom stereocenters. The van der Waals surface area contributed by atoms with Crippen LogP contribution in [0.2, 0.25) is 0 Å². The van der Waals surface area contributed by atoms with Crippen molar-refractivity contribution in [1.29, 1.82) is 0 Å². The number of carbonyl (C=O) groups excluding carboxylic acids is 1. The maximum absolute atomic E-state index is 12.9. The van der Waals surface area contributed by atoms with Gasteiger partial charge in [0.2, 0.25) is 5.43 Å². The number of aliphatic imine (C=N–C) groups is 1. The fourth-order valence-electron chi connectivity index (χ4n) is 1.61. The van der Waals surface area contributed by atoms with E-state index in [4.69, 9.17) is 0 Å². The van der Waals surface area contributed by atoms with Crippen LogP contribution in [0.5, 0.6) is 0 Å². The van der Waals surface area contributed by atoms with Crippen LogP contribution in [0.3, 0.4) is 0 Å². The van der Waals surface area contributed by atoms with E-state index >= 15 is 0 Å². The van der Waals surface area contributed by atoms with Gasteiger partial charge in [0.05, 0.1) is 5.69 Å². The van der Waals surface area contributed by atoms with Gasteiger partial charge in [-0.05, 0) is 24.3 Å². The number of rotatable bonds is 4. The summed E-state index contributed by atoms with van der Waals surface area (Å²) in [6.07, 6.45) is 2.87. The number of hydrogen-bond acceptors (Lipinski definition) is 4. The quantitative estimate of drug-likeness (QED) is 0.628. The topological polar surface area (TPSA) is 64.3 Å². The van der Waals surface area contributed by atoms with Crippen LogP contribution in [0.25, 0.3) is 5.69 Å². The fourth-order valence-corrected chi connectivity index (χ4v) is 1.61. The van der Waals surface area contributed by atoms with Crippen molar-refractivity contribution in [2.75, 3.05) is 7.05 Å². The van der Waals surface area contributed by atoms with Crippen LogP contribution >= 0.6 is 0 Å². The number of benzene rings is 1. The molecule has 0 saturated heterocycles. The van der Waals surface area contributed by atoms with Crippen LogP contribution in [0.1, 0.15) is 16.9 Å². The summed E-state index contributed by atoms with van der Waals surface area (Å²) in [6, 6.07) is 6.83. The Kier molecular flexibility index (Phi) is 4.14. The third-order valence-corrected chi connectivity index (χ3v) is 2.62. The highest BCUT2D eigenvalue weighted by Crippen LogP contribution is 2.07. The van der Waals surface area contributed by atoms with Crippen molar-refractivity contribution in [3.8, 4) is 5.69 Å². The van der Waals surface area contributed by atoms with Gasteiger partial charge in [-0.2, -0.15) is 5.10 Å². The van der Waals surface area contributed by atoms with Crippen LogP contribution in [-0.2, 0) is 0 Å². The van der Waals surface area contributed by atoms with Crippen molar-refractivity contribution in [2.45, 2.75) is 6.42 Å². The Labute approximate surface area is 114 Å². The minimum Gasteiger partial charge on any atom is -0.300 e. The molecule has 0 aliphatic carbocycles. The summed E-state index contributed by atoms with van der Waals surface area (Å²) in [5.74, 6) is -0.776. The van der Waals surface area contributed by atoms with Crippen molar-refractivity contribution in [2.24, 2.45) is 4.99 Å². The molecule has 0 saturated carbocycles. The lowest BCUT2D eigenvalue weighted by atomic mass is 10.2. The molecule has 0 bridgehead atoms. The molecule has 0 fully saturated rings. The zero-order valence-corrected chi connectivity index (χ0v) is 10.8. The monoisotopic (exact) mass is 273 g/mol. The fraction of sp³-hybridized carbons (Fsp3) is 0.143. The second kappa shape index (κ2) is 6.01. The Hall–Kier alpha value is -2.63. The van der Waals surface area contributed by atoms with Crippen LogP contribution < -0.4 is 5.43 Å². The molecular formula is C14H12FN3O2. The van der Waals surface area contributed by atoms with Crippen molar-refractivity contribution < 1.29 is 9.18 Å². The van der Waals surface area contributed by atoms with Crippen molar-refractivity contribution in [3.63, 3.8) is 0 Å². The van der Waals surface area contributed by atoms with E-state index in [9.17, 15) is 14.0 Å². The van der Waals surface area contributed by atoms with E-state index in [1.165, 1.54) is 47.4 Å². The van der Waals surface area contributed by atoms with Gasteiger partial charge in [-0.15, -0.1) is 0 Å². The number of hydrogen-bond donors (Lipinski definition) is 0. The van der Waals surface area contributed by atoms with Crippen LogP contribution in [0.15, 0.2) is 46.3 Å². The first-order valence-electron chi connectivity index (χ1n) is 5.91. The summed E-state index contributed by atoms with van der Waals surface area (Å²) in [6.45, 7) is 0. The molecule has 0 aliphatic rings. The van der Waals surface area contributed by atoms with Gasteiger partial charge in [0.25, 0.3) is 0 Å². The highest BCUT2D eigenvalue weighted by atomic mass is 19.1. The molecule has 1 aromatic heterocycles. The van der Waals surface area contributed by atoms with Crippen LogP contribution in [0.4, 0.5) is 4.39 Å². The predicted octanol–water partition coefficient (Wildman–Crippen LogP) is 1.65. The van der Waals surface area contributed by atoms with E-state index in [0.717, 1.165) is 0 Å². The summed E-state index contributed by atoms with van der Waals surface area (Å²) >= 11 is 0. The van der Waals surface area contributed by atoms with E-state index in [2.05, 4.69) is 10.1 Å². The number of carbonyl (C=O) groups is 1. The Morgan fingerprint density at radius 1 is 1.35 bits per heavy atom. The Morgan fingerprint density at radius 3 is 2.70 bits per heavy atom. The van der Waals surface area contributed by atoms with Crippen molar-refractivity contribution in [3.05, 3.63) is 58.3 Å². The third-order valence-electron chi connectivity index (χ3n) is 2.62. The molecule has 6 heteroatoms. The number of ketones is 1. The summed E-state index contributed by atoms with van der Waals surface area (Å²) in [4.78, 5) is 27.2. The highest BCUT2D eigenvalue weighted by molar-refractivity contribution is 6.02. The van der Waals surface area contributed by atoms with Crippen molar-refractivity contribution in [1.82, 2.24) is 9.78 Å². The molecule has 2 aromatic rings. The first-order chi connectivity index (χ1) is 9.61. The van der Waals surface area contributed by atoms with Crippen molar-refractivity contribution >= 4 is 12.0 Å². The largest absolute Gasteiger partial charge is 0.300 e. The van der Waals surface area contributed by atoms with E-state index in [1.807, 2.05) is 0 Å². The van der Waals surface area contributed by atoms with Crippen LogP contribution in [-0.4, -0.2) is 28.8 Å². The van der Waals surface area contributed by atoms with E-state index in [0.29, 0.717) is 5.69 Å². The van der Waals surface area contributed by atoms with Gasteiger partial charge in [0.1, 0.15) is 5.82 Å². The van der Waals surface area contributed by atoms with Gasteiger partial charge in [-0.3, -0.25) is 9.59 Å². The smallest absolute Gasteiger partial charge is 0.211 e. The van der Waals surface area contributed by atoms with Gasteiger partial charge >= 0.3 is 0 Å². The van der Waals surface area contributed by atoms with E-state index in [-0.39, 0.29) is 17.9 Å². The third kappa shape index (κ3) is 3.03. The molecule has 1 heterocycles. The van der Waals surface area contributed by atoms with Gasteiger partial charge in [-0.25, -0.2) is 9.07 Å². The first kappa shape index (κ1) is 13.8. The molecule has 0 unspecified atom stereocenters. The van der Waals surface area contributed by atoms with Gasteiger partial charge in [0.15, 0.2) is 11.5 Å². The van der Waals surface area contributed by atoms with Gasteiger partial charge < -0.3 is 4.99 Å². The van der Waals surface area contributed by atoms with Gasteiger partial charge in [-0.1, -0.05) is 0 Å². The molecule has 20 heavy (non-hydrogen) atoms. The Balaban J connectivity index is 2.40. The summed E-state index contributed by atoms with van der Waals surface area (Å²) in [5, 5.41) is 4.00. The second-order valence-electron chi connectivity index (χ2n) is 4.02. The number of aromatic nitrogens is 2. The average molecular weight is 273 g/mol. The minimum atomic E-state index is -0.446. The van der Waals surface area contributed by atoms with E-state index in [1.54, 1.807) is 7.05 Å². The molecule has 2 rings (SSSR count). The maximum Gasteiger partial charge on any atom is 0.211 e. The number of Topliss-reactive ketones (excluding diaryl/α,β-unsaturated/α-hetero) is 1. The summed E-state index contributed by atoms with van der Waals surface area (Å²) in [5.41, 5.74) is -0.0424. The maximum atomic E-state index is 12.9.